The predicted octanol–water partition coefficient (Wildman–Crippen LogP) is 2.36. The number of para-hydroxylation sites is 1. The van der Waals surface area contributed by atoms with E-state index in [-0.39, 0.29) is 24.1 Å². The maximum atomic E-state index is 12.6. The monoisotopic (exact) mass is 408 g/mol. The molecular formula is C23H28N4O3. The summed E-state index contributed by atoms with van der Waals surface area (Å²) in [5.41, 5.74) is 1.96. The predicted molar refractivity (Wildman–Crippen MR) is 117 cm³/mol. The SMILES string of the molecule is CN(C)CCCNC(=O)c1ccc(NC(=O)C2CC(=O)N(c3ccccc3)C2)cc1. The first kappa shape index (κ1) is 21.5. The van der Waals surface area contributed by atoms with Gasteiger partial charge in [-0.3, -0.25) is 14.4 Å². The summed E-state index contributed by atoms with van der Waals surface area (Å²) in [5.74, 6) is -0.783. The summed E-state index contributed by atoms with van der Waals surface area (Å²) in [6.45, 7) is 1.89. The molecule has 2 N–H and O–H groups in total. The molecule has 3 amide bonds. The van der Waals surface area contributed by atoms with Crippen molar-refractivity contribution >= 4 is 29.1 Å². The first-order valence-corrected chi connectivity index (χ1v) is 10.1. The van der Waals surface area contributed by atoms with Crippen LogP contribution in [0.2, 0.25) is 0 Å². The van der Waals surface area contributed by atoms with Crippen molar-refractivity contribution in [2.24, 2.45) is 5.92 Å². The molecular weight excluding hydrogens is 380 g/mol. The molecule has 7 heteroatoms. The van der Waals surface area contributed by atoms with E-state index in [1.165, 1.54) is 0 Å². The Bertz CT molecular complexity index is 881. The van der Waals surface area contributed by atoms with Crippen LogP contribution in [0.15, 0.2) is 54.6 Å². The third-order valence-electron chi connectivity index (χ3n) is 5.05. The quantitative estimate of drug-likeness (QED) is 0.657. The highest BCUT2D eigenvalue weighted by Crippen LogP contribution is 2.25. The second-order valence-corrected chi connectivity index (χ2v) is 7.72. The summed E-state index contributed by atoms with van der Waals surface area (Å²) >= 11 is 0. The summed E-state index contributed by atoms with van der Waals surface area (Å²) in [5, 5.41) is 5.74. The number of amides is 3. The molecule has 1 fully saturated rings. The van der Waals surface area contributed by atoms with Crippen molar-refractivity contribution in [2.45, 2.75) is 12.8 Å². The Morgan fingerprint density at radius 1 is 1.07 bits per heavy atom. The van der Waals surface area contributed by atoms with Gasteiger partial charge in [0.1, 0.15) is 0 Å². The van der Waals surface area contributed by atoms with Gasteiger partial charge in [0.25, 0.3) is 5.91 Å². The molecule has 2 aromatic rings. The van der Waals surface area contributed by atoms with Gasteiger partial charge in [0.05, 0.1) is 5.92 Å². The number of hydrogen-bond donors (Lipinski definition) is 2. The summed E-state index contributed by atoms with van der Waals surface area (Å²) in [6, 6.07) is 16.1. The molecule has 1 aliphatic heterocycles. The number of rotatable bonds is 8. The van der Waals surface area contributed by atoms with Gasteiger partial charge in [-0.05, 0) is 63.5 Å². The lowest BCUT2D eigenvalue weighted by Gasteiger charge is -2.16. The number of nitrogens with zero attached hydrogens (tertiary/aromatic N) is 2. The fourth-order valence-corrected chi connectivity index (χ4v) is 3.39. The van der Waals surface area contributed by atoms with Crippen LogP contribution in [0.25, 0.3) is 0 Å². The molecule has 0 saturated carbocycles. The molecule has 0 spiro atoms. The third-order valence-corrected chi connectivity index (χ3v) is 5.05. The lowest BCUT2D eigenvalue weighted by molar-refractivity contribution is -0.122. The van der Waals surface area contributed by atoms with Gasteiger partial charge in [-0.25, -0.2) is 0 Å². The largest absolute Gasteiger partial charge is 0.352 e. The number of anilines is 2. The smallest absolute Gasteiger partial charge is 0.251 e. The van der Waals surface area contributed by atoms with E-state index >= 15 is 0 Å². The Morgan fingerprint density at radius 2 is 1.77 bits per heavy atom. The molecule has 0 aromatic heterocycles. The highest BCUT2D eigenvalue weighted by Gasteiger charge is 2.35. The molecule has 0 aliphatic carbocycles. The molecule has 7 nitrogen and oxygen atoms in total. The minimum Gasteiger partial charge on any atom is -0.352 e. The highest BCUT2D eigenvalue weighted by molar-refractivity contribution is 6.03. The first-order valence-electron chi connectivity index (χ1n) is 10.1. The van der Waals surface area contributed by atoms with Crippen LogP contribution in [0.5, 0.6) is 0 Å². The number of benzene rings is 2. The molecule has 1 saturated heterocycles. The second-order valence-electron chi connectivity index (χ2n) is 7.72. The molecule has 30 heavy (non-hydrogen) atoms. The van der Waals surface area contributed by atoms with Crippen molar-refractivity contribution in [1.82, 2.24) is 10.2 Å². The van der Waals surface area contributed by atoms with Gasteiger partial charge in [-0.2, -0.15) is 0 Å². The summed E-state index contributed by atoms with van der Waals surface area (Å²) in [7, 11) is 3.99. The maximum Gasteiger partial charge on any atom is 0.251 e. The Morgan fingerprint density at radius 3 is 2.43 bits per heavy atom. The number of carbonyl (C=O) groups is 3. The Hall–Kier alpha value is -3.19. The third kappa shape index (κ3) is 5.67. The van der Waals surface area contributed by atoms with Crippen LogP contribution < -0.4 is 15.5 Å². The van der Waals surface area contributed by atoms with Crippen LogP contribution in [0.4, 0.5) is 11.4 Å². The van der Waals surface area contributed by atoms with E-state index in [9.17, 15) is 14.4 Å². The van der Waals surface area contributed by atoms with Crippen LogP contribution >= 0.6 is 0 Å². The van der Waals surface area contributed by atoms with Gasteiger partial charge in [-0.15, -0.1) is 0 Å². The molecule has 0 bridgehead atoms. The van der Waals surface area contributed by atoms with Gasteiger partial charge in [0, 0.05) is 36.4 Å². The number of nitrogens with one attached hydrogen (secondary N) is 2. The van der Waals surface area contributed by atoms with E-state index in [0.29, 0.717) is 24.3 Å². The van der Waals surface area contributed by atoms with Gasteiger partial charge in [-0.1, -0.05) is 18.2 Å². The van der Waals surface area contributed by atoms with Crippen molar-refractivity contribution in [2.75, 3.05) is 43.9 Å². The van der Waals surface area contributed by atoms with Gasteiger partial charge >= 0.3 is 0 Å². The van der Waals surface area contributed by atoms with Crippen LogP contribution in [0, 0.1) is 5.92 Å². The zero-order chi connectivity index (χ0) is 21.5. The Labute approximate surface area is 177 Å². The molecule has 1 unspecified atom stereocenters. The number of hydrogen-bond acceptors (Lipinski definition) is 4. The molecule has 1 atom stereocenters. The van der Waals surface area contributed by atoms with Crippen LogP contribution in [-0.4, -0.2) is 56.4 Å². The summed E-state index contributed by atoms with van der Waals surface area (Å²) < 4.78 is 0. The van der Waals surface area contributed by atoms with Crippen molar-refractivity contribution < 1.29 is 14.4 Å². The maximum absolute atomic E-state index is 12.6. The molecule has 0 radical (unpaired) electrons. The Kier molecular flexibility index (Phi) is 7.19. The van der Waals surface area contributed by atoms with Crippen molar-refractivity contribution in [3.05, 3.63) is 60.2 Å². The zero-order valence-corrected chi connectivity index (χ0v) is 17.4. The average Bonchev–Trinajstić information content (AvgIpc) is 3.14. The molecule has 3 rings (SSSR count). The zero-order valence-electron chi connectivity index (χ0n) is 17.4. The van der Waals surface area contributed by atoms with Crippen LogP contribution in [-0.2, 0) is 9.59 Å². The standard InChI is InChI=1S/C23H28N4O3/c1-26(2)14-6-13-24-22(29)17-9-11-19(12-10-17)25-23(30)18-15-21(28)27(16-18)20-7-4-3-5-8-20/h3-5,7-12,18H,6,13-16H2,1-2H3,(H,24,29)(H,25,30). The topological polar surface area (TPSA) is 81.8 Å². The average molecular weight is 409 g/mol. The minimum atomic E-state index is -0.405. The normalized spacial score (nSPS) is 16.0. The second kappa shape index (κ2) is 10.0. The van der Waals surface area contributed by atoms with E-state index in [0.717, 1.165) is 18.7 Å². The summed E-state index contributed by atoms with van der Waals surface area (Å²) in [4.78, 5) is 40.8. The Balaban J connectivity index is 1.51. The van der Waals surface area contributed by atoms with Crippen LogP contribution in [0.1, 0.15) is 23.2 Å². The minimum absolute atomic E-state index is 0.0531. The molecule has 158 valence electrons. The van der Waals surface area contributed by atoms with Gasteiger partial charge in [0.15, 0.2) is 0 Å². The van der Waals surface area contributed by atoms with Crippen molar-refractivity contribution in [3.63, 3.8) is 0 Å². The first-order chi connectivity index (χ1) is 14.4. The van der Waals surface area contributed by atoms with Gasteiger partial charge in [0.2, 0.25) is 11.8 Å². The van der Waals surface area contributed by atoms with Crippen molar-refractivity contribution in [3.8, 4) is 0 Å². The van der Waals surface area contributed by atoms with E-state index in [1.807, 2.05) is 44.4 Å². The lowest BCUT2D eigenvalue weighted by Crippen LogP contribution is -2.28. The number of carbonyl (C=O) groups excluding carboxylic acids is 3. The van der Waals surface area contributed by atoms with Crippen LogP contribution in [0.3, 0.4) is 0 Å². The molecule has 2 aromatic carbocycles. The highest BCUT2D eigenvalue weighted by atomic mass is 16.2. The van der Waals surface area contributed by atoms with E-state index in [1.54, 1.807) is 29.2 Å². The molecule has 1 aliphatic rings. The molecule has 1 heterocycles. The van der Waals surface area contributed by atoms with E-state index in [2.05, 4.69) is 15.5 Å². The van der Waals surface area contributed by atoms with Crippen molar-refractivity contribution in [1.29, 1.82) is 0 Å². The lowest BCUT2D eigenvalue weighted by atomic mass is 10.1. The summed E-state index contributed by atoms with van der Waals surface area (Å²) in [6.07, 6.45) is 1.07. The van der Waals surface area contributed by atoms with Gasteiger partial charge < -0.3 is 20.4 Å². The fraction of sp³-hybridized carbons (Fsp3) is 0.348. The fourth-order valence-electron chi connectivity index (χ4n) is 3.39. The van der Waals surface area contributed by atoms with E-state index < -0.39 is 5.92 Å². The van der Waals surface area contributed by atoms with E-state index in [4.69, 9.17) is 0 Å².